The average Bonchev–Trinajstić information content (AvgIpc) is 3.29. The van der Waals surface area contributed by atoms with Crippen LogP contribution in [0.15, 0.2) is 54.6 Å². The van der Waals surface area contributed by atoms with Gasteiger partial charge in [0.2, 0.25) is 5.91 Å². The maximum absolute atomic E-state index is 12.3. The highest BCUT2D eigenvalue weighted by Crippen LogP contribution is 2.27. The molecule has 30 heavy (non-hydrogen) atoms. The fraction of sp³-hybridized carbons (Fsp3) is 0.458. The SMILES string of the molecule is COc1ccc(C2CC(N3CCC(NC(=O)CCc4ccccc4)CC3)NN2)cc1. The second-order valence-corrected chi connectivity index (χ2v) is 8.23. The van der Waals surface area contributed by atoms with Gasteiger partial charge in [-0.05, 0) is 48.9 Å². The number of hydrogen-bond donors (Lipinski definition) is 3. The van der Waals surface area contributed by atoms with Gasteiger partial charge in [-0.25, -0.2) is 10.9 Å². The lowest BCUT2D eigenvalue weighted by atomic mass is 10.0. The quantitative estimate of drug-likeness (QED) is 0.658. The molecule has 2 aromatic carbocycles. The lowest BCUT2D eigenvalue weighted by Gasteiger charge is -2.35. The van der Waals surface area contributed by atoms with Crippen LogP contribution in [0.5, 0.6) is 5.75 Å². The minimum atomic E-state index is 0.164. The summed E-state index contributed by atoms with van der Waals surface area (Å²) < 4.78 is 5.25. The molecule has 2 atom stereocenters. The second kappa shape index (κ2) is 10.1. The van der Waals surface area contributed by atoms with Crippen LogP contribution in [0.25, 0.3) is 0 Å². The number of likely N-dealkylation sites (tertiary alicyclic amines) is 1. The van der Waals surface area contributed by atoms with Crippen LogP contribution in [0.1, 0.15) is 42.9 Å². The Morgan fingerprint density at radius 2 is 1.80 bits per heavy atom. The molecule has 2 unspecified atom stereocenters. The molecule has 2 saturated heterocycles. The molecule has 0 aromatic heterocycles. The van der Waals surface area contributed by atoms with Gasteiger partial charge in [0.15, 0.2) is 0 Å². The van der Waals surface area contributed by atoms with Crippen LogP contribution in [0.2, 0.25) is 0 Å². The molecule has 2 fully saturated rings. The summed E-state index contributed by atoms with van der Waals surface area (Å²) in [5, 5.41) is 3.23. The lowest BCUT2D eigenvalue weighted by Crippen LogP contribution is -2.51. The Morgan fingerprint density at radius 1 is 1.07 bits per heavy atom. The van der Waals surface area contributed by atoms with Crippen LogP contribution in [0.3, 0.4) is 0 Å². The molecule has 6 nitrogen and oxygen atoms in total. The first-order valence-corrected chi connectivity index (χ1v) is 10.9. The van der Waals surface area contributed by atoms with Crippen molar-refractivity contribution in [2.45, 2.75) is 50.4 Å². The molecule has 0 aliphatic carbocycles. The van der Waals surface area contributed by atoms with E-state index in [0.29, 0.717) is 18.6 Å². The van der Waals surface area contributed by atoms with Gasteiger partial charge in [0.1, 0.15) is 5.75 Å². The predicted molar refractivity (Wildman–Crippen MR) is 118 cm³/mol. The number of nitrogens with zero attached hydrogens (tertiary/aromatic N) is 1. The molecule has 0 saturated carbocycles. The zero-order chi connectivity index (χ0) is 20.8. The van der Waals surface area contributed by atoms with E-state index in [1.165, 1.54) is 11.1 Å². The number of piperidine rings is 1. The molecule has 160 valence electrons. The average molecular weight is 409 g/mol. The molecule has 2 aliphatic rings. The third-order valence-electron chi connectivity index (χ3n) is 6.22. The minimum Gasteiger partial charge on any atom is -0.497 e. The van der Waals surface area contributed by atoms with Crippen molar-refractivity contribution in [1.82, 2.24) is 21.1 Å². The van der Waals surface area contributed by atoms with Gasteiger partial charge in [-0.15, -0.1) is 0 Å². The van der Waals surface area contributed by atoms with Gasteiger partial charge in [-0.2, -0.15) is 0 Å². The van der Waals surface area contributed by atoms with Gasteiger partial charge in [0, 0.05) is 31.6 Å². The molecule has 0 bridgehead atoms. The number of hydrazine groups is 1. The Balaban J connectivity index is 1.18. The number of nitrogens with one attached hydrogen (secondary N) is 3. The first-order valence-electron chi connectivity index (χ1n) is 10.9. The van der Waals surface area contributed by atoms with E-state index in [1.54, 1.807) is 7.11 Å². The van der Waals surface area contributed by atoms with Crippen LogP contribution in [-0.2, 0) is 11.2 Å². The summed E-state index contributed by atoms with van der Waals surface area (Å²) in [5.41, 5.74) is 9.37. The van der Waals surface area contributed by atoms with Crippen molar-refractivity contribution in [3.63, 3.8) is 0 Å². The van der Waals surface area contributed by atoms with E-state index in [1.807, 2.05) is 30.3 Å². The van der Waals surface area contributed by atoms with E-state index in [9.17, 15) is 4.79 Å². The molecular formula is C24H32N4O2. The van der Waals surface area contributed by atoms with E-state index < -0.39 is 0 Å². The molecule has 6 heteroatoms. The standard InChI is InChI=1S/C24H32N4O2/c1-30-21-10-8-19(9-11-21)22-17-23(27-26-22)28-15-13-20(14-16-28)25-24(29)12-7-18-5-3-2-4-6-18/h2-6,8-11,20,22-23,26-27H,7,12-17H2,1H3,(H,25,29). The molecule has 2 aromatic rings. The number of benzene rings is 2. The van der Waals surface area contributed by atoms with Crippen LogP contribution >= 0.6 is 0 Å². The molecule has 0 radical (unpaired) electrons. The number of carbonyl (C=O) groups is 1. The van der Waals surface area contributed by atoms with E-state index in [0.717, 1.165) is 44.5 Å². The monoisotopic (exact) mass is 408 g/mol. The van der Waals surface area contributed by atoms with Gasteiger partial charge in [0.25, 0.3) is 0 Å². The Kier molecular flexibility index (Phi) is 7.00. The maximum atomic E-state index is 12.3. The summed E-state index contributed by atoms with van der Waals surface area (Å²) in [6.07, 6.45) is 4.72. The summed E-state index contributed by atoms with van der Waals surface area (Å²) in [4.78, 5) is 14.8. The topological polar surface area (TPSA) is 65.6 Å². The minimum absolute atomic E-state index is 0.164. The third kappa shape index (κ3) is 5.39. The number of carbonyl (C=O) groups excluding carboxylic acids is 1. The third-order valence-corrected chi connectivity index (χ3v) is 6.22. The van der Waals surface area contributed by atoms with Crippen LogP contribution in [-0.4, -0.2) is 43.2 Å². The Labute approximate surface area is 179 Å². The van der Waals surface area contributed by atoms with E-state index in [4.69, 9.17) is 4.74 Å². The molecule has 3 N–H and O–H groups in total. The van der Waals surface area contributed by atoms with Crippen molar-refractivity contribution in [2.24, 2.45) is 0 Å². The van der Waals surface area contributed by atoms with Crippen LogP contribution in [0.4, 0.5) is 0 Å². The number of rotatable bonds is 7. The summed E-state index contributed by atoms with van der Waals surface area (Å²) >= 11 is 0. The highest BCUT2D eigenvalue weighted by atomic mass is 16.5. The first-order chi connectivity index (χ1) is 14.7. The zero-order valence-corrected chi connectivity index (χ0v) is 17.6. The summed E-state index contributed by atoms with van der Waals surface area (Å²) in [6, 6.07) is 19.1. The fourth-order valence-corrected chi connectivity index (χ4v) is 4.39. The summed E-state index contributed by atoms with van der Waals surface area (Å²) in [6.45, 7) is 2.00. The largest absolute Gasteiger partial charge is 0.497 e. The maximum Gasteiger partial charge on any atom is 0.220 e. The van der Waals surface area contributed by atoms with Crippen LogP contribution < -0.4 is 20.9 Å². The number of hydrogen-bond acceptors (Lipinski definition) is 5. The van der Waals surface area contributed by atoms with Gasteiger partial charge in [-0.1, -0.05) is 42.5 Å². The zero-order valence-electron chi connectivity index (χ0n) is 17.6. The second-order valence-electron chi connectivity index (χ2n) is 8.23. The summed E-state index contributed by atoms with van der Waals surface area (Å²) in [5.74, 6) is 1.05. The Bertz CT molecular complexity index is 804. The van der Waals surface area contributed by atoms with E-state index >= 15 is 0 Å². The van der Waals surface area contributed by atoms with Crippen molar-refractivity contribution in [1.29, 1.82) is 0 Å². The number of ether oxygens (including phenoxy) is 1. The van der Waals surface area contributed by atoms with Crippen molar-refractivity contribution in [2.75, 3.05) is 20.2 Å². The number of amides is 1. The van der Waals surface area contributed by atoms with Gasteiger partial charge in [-0.3, -0.25) is 9.69 Å². The highest BCUT2D eigenvalue weighted by molar-refractivity contribution is 5.76. The van der Waals surface area contributed by atoms with Crippen molar-refractivity contribution >= 4 is 5.91 Å². The van der Waals surface area contributed by atoms with Crippen LogP contribution in [0, 0.1) is 0 Å². The Morgan fingerprint density at radius 3 is 2.50 bits per heavy atom. The highest BCUT2D eigenvalue weighted by Gasteiger charge is 2.32. The molecule has 2 aliphatic heterocycles. The van der Waals surface area contributed by atoms with Gasteiger partial charge < -0.3 is 10.1 Å². The fourth-order valence-electron chi connectivity index (χ4n) is 4.39. The number of aryl methyl sites for hydroxylation is 1. The predicted octanol–water partition coefficient (Wildman–Crippen LogP) is 2.77. The molecule has 4 rings (SSSR count). The van der Waals surface area contributed by atoms with E-state index in [2.05, 4.69) is 45.3 Å². The van der Waals surface area contributed by atoms with Crippen molar-refractivity contribution in [3.05, 3.63) is 65.7 Å². The summed E-state index contributed by atoms with van der Waals surface area (Å²) in [7, 11) is 1.69. The van der Waals surface area contributed by atoms with Gasteiger partial charge in [0.05, 0.1) is 13.3 Å². The normalized spacial score (nSPS) is 22.7. The van der Waals surface area contributed by atoms with E-state index in [-0.39, 0.29) is 11.9 Å². The molecule has 1 amide bonds. The van der Waals surface area contributed by atoms with Crippen molar-refractivity contribution in [3.8, 4) is 5.75 Å². The smallest absolute Gasteiger partial charge is 0.220 e. The van der Waals surface area contributed by atoms with Gasteiger partial charge >= 0.3 is 0 Å². The van der Waals surface area contributed by atoms with Crippen molar-refractivity contribution < 1.29 is 9.53 Å². The Hall–Kier alpha value is -2.41. The first kappa shape index (κ1) is 20.8. The molecule has 2 heterocycles. The lowest BCUT2D eigenvalue weighted by molar-refractivity contribution is -0.122. The number of methoxy groups -OCH3 is 1. The molecular weight excluding hydrogens is 376 g/mol. The molecule has 0 spiro atoms.